The summed E-state index contributed by atoms with van der Waals surface area (Å²) in [7, 11) is 0. The van der Waals surface area contributed by atoms with Crippen LogP contribution in [-0.4, -0.2) is 41.8 Å². The number of nitrogens with two attached hydrogens (primary N) is 1. The monoisotopic (exact) mass is 276 g/mol. The van der Waals surface area contributed by atoms with Crippen LogP contribution in [0.1, 0.15) is 31.7 Å². The Hall–Kier alpha value is -0.900. The van der Waals surface area contributed by atoms with E-state index < -0.39 is 5.60 Å². The Morgan fingerprint density at radius 3 is 2.50 bits per heavy atom. The lowest BCUT2D eigenvalue weighted by Crippen LogP contribution is -2.41. The third-order valence-electron chi connectivity index (χ3n) is 4.48. The first-order valence-electron chi connectivity index (χ1n) is 7.78. The van der Waals surface area contributed by atoms with Gasteiger partial charge in [-0.25, -0.2) is 0 Å². The van der Waals surface area contributed by atoms with E-state index in [0.717, 1.165) is 32.0 Å². The summed E-state index contributed by atoms with van der Waals surface area (Å²) in [4.78, 5) is 2.46. The Kier molecular flexibility index (Phi) is 5.58. The molecule has 1 unspecified atom stereocenters. The van der Waals surface area contributed by atoms with E-state index >= 15 is 0 Å². The van der Waals surface area contributed by atoms with E-state index in [2.05, 4.69) is 35.2 Å². The molecule has 1 aliphatic heterocycles. The molecule has 20 heavy (non-hydrogen) atoms. The van der Waals surface area contributed by atoms with Crippen LogP contribution in [0.15, 0.2) is 30.3 Å². The number of likely N-dealkylation sites (tertiary alicyclic amines) is 1. The zero-order valence-electron chi connectivity index (χ0n) is 12.6. The molecular formula is C17H28N2O. The second-order valence-electron chi connectivity index (χ2n) is 6.43. The summed E-state index contributed by atoms with van der Waals surface area (Å²) in [6.45, 7) is 5.44. The van der Waals surface area contributed by atoms with Crippen molar-refractivity contribution in [3.63, 3.8) is 0 Å². The fourth-order valence-corrected chi connectivity index (χ4v) is 2.86. The summed E-state index contributed by atoms with van der Waals surface area (Å²) in [6.07, 6.45) is 4.50. The predicted octanol–water partition coefficient (Wildman–Crippen LogP) is 2.04. The lowest BCUT2D eigenvalue weighted by Gasteiger charge is -2.34. The van der Waals surface area contributed by atoms with Gasteiger partial charge in [-0.05, 0) is 57.2 Å². The van der Waals surface area contributed by atoms with Gasteiger partial charge in [0.1, 0.15) is 0 Å². The molecule has 112 valence electrons. The summed E-state index contributed by atoms with van der Waals surface area (Å²) in [5.74, 6) is 0.809. The molecule has 1 fully saturated rings. The van der Waals surface area contributed by atoms with E-state index in [9.17, 15) is 5.11 Å². The van der Waals surface area contributed by atoms with Crippen molar-refractivity contribution in [2.45, 2.75) is 38.2 Å². The molecule has 0 saturated carbocycles. The Labute approximate surface area is 122 Å². The van der Waals surface area contributed by atoms with Crippen molar-refractivity contribution in [1.29, 1.82) is 0 Å². The Balaban J connectivity index is 1.70. The van der Waals surface area contributed by atoms with Crippen molar-refractivity contribution in [1.82, 2.24) is 4.90 Å². The Morgan fingerprint density at radius 1 is 1.25 bits per heavy atom. The molecule has 2 rings (SSSR count). The largest absolute Gasteiger partial charge is 0.389 e. The van der Waals surface area contributed by atoms with Crippen molar-refractivity contribution >= 4 is 0 Å². The zero-order valence-corrected chi connectivity index (χ0v) is 12.6. The van der Waals surface area contributed by atoms with E-state index in [-0.39, 0.29) is 0 Å². The van der Waals surface area contributed by atoms with Crippen molar-refractivity contribution in [2.75, 3.05) is 26.2 Å². The number of nitrogens with zero attached hydrogens (tertiary/aromatic N) is 1. The average Bonchev–Trinajstić information content (AvgIpc) is 2.48. The van der Waals surface area contributed by atoms with Crippen LogP contribution in [-0.2, 0) is 6.42 Å². The normalized spacial score (nSPS) is 20.8. The second kappa shape index (κ2) is 7.21. The fourth-order valence-electron chi connectivity index (χ4n) is 2.86. The minimum atomic E-state index is -0.707. The highest BCUT2D eigenvalue weighted by atomic mass is 16.3. The maximum Gasteiger partial charge on any atom is 0.0753 e. The molecule has 3 N–H and O–H groups in total. The van der Waals surface area contributed by atoms with Crippen molar-refractivity contribution in [3.05, 3.63) is 35.9 Å². The standard InChI is InChI=1S/C17H28N2O/c1-17(20,14-18)9-12-19-10-7-16(8-11-19)13-15-5-3-2-4-6-15/h2-6,16,20H,7-14,18H2,1H3. The van der Waals surface area contributed by atoms with Gasteiger partial charge in [0.25, 0.3) is 0 Å². The summed E-state index contributed by atoms with van der Waals surface area (Å²) >= 11 is 0. The molecule has 1 aliphatic rings. The van der Waals surface area contributed by atoms with E-state index in [1.165, 1.54) is 24.8 Å². The fraction of sp³-hybridized carbons (Fsp3) is 0.647. The molecule has 1 atom stereocenters. The first-order valence-corrected chi connectivity index (χ1v) is 7.78. The number of benzene rings is 1. The van der Waals surface area contributed by atoms with Crippen molar-refractivity contribution in [3.8, 4) is 0 Å². The highest BCUT2D eigenvalue weighted by molar-refractivity contribution is 5.15. The van der Waals surface area contributed by atoms with Crippen LogP contribution in [0.2, 0.25) is 0 Å². The molecule has 1 aromatic carbocycles. The van der Waals surface area contributed by atoms with Gasteiger partial charge in [-0.15, -0.1) is 0 Å². The molecule has 1 heterocycles. The maximum atomic E-state index is 9.95. The van der Waals surface area contributed by atoms with Crippen LogP contribution in [0.5, 0.6) is 0 Å². The lowest BCUT2D eigenvalue weighted by molar-refractivity contribution is 0.0428. The van der Waals surface area contributed by atoms with Gasteiger partial charge in [-0.3, -0.25) is 0 Å². The molecule has 1 aromatic rings. The number of rotatable bonds is 6. The molecule has 0 radical (unpaired) electrons. The van der Waals surface area contributed by atoms with Crippen LogP contribution < -0.4 is 5.73 Å². The predicted molar refractivity (Wildman–Crippen MR) is 83.6 cm³/mol. The minimum Gasteiger partial charge on any atom is -0.389 e. The number of hydrogen-bond acceptors (Lipinski definition) is 3. The molecule has 0 amide bonds. The molecular weight excluding hydrogens is 248 g/mol. The van der Waals surface area contributed by atoms with Crippen LogP contribution in [0.25, 0.3) is 0 Å². The maximum absolute atomic E-state index is 9.95. The van der Waals surface area contributed by atoms with Gasteiger partial charge in [0.15, 0.2) is 0 Å². The summed E-state index contributed by atoms with van der Waals surface area (Å²) in [5.41, 5.74) is 6.31. The number of piperidine rings is 1. The minimum absolute atomic E-state index is 0.345. The van der Waals surface area contributed by atoms with Crippen LogP contribution in [0.3, 0.4) is 0 Å². The van der Waals surface area contributed by atoms with Gasteiger partial charge in [0.05, 0.1) is 5.60 Å². The smallest absolute Gasteiger partial charge is 0.0753 e. The van der Waals surface area contributed by atoms with Gasteiger partial charge in [-0.1, -0.05) is 30.3 Å². The van der Waals surface area contributed by atoms with Gasteiger partial charge in [0, 0.05) is 13.1 Å². The SMILES string of the molecule is CC(O)(CN)CCN1CCC(Cc2ccccc2)CC1. The Morgan fingerprint density at radius 2 is 1.90 bits per heavy atom. The zero-order chi connectivity index (χ0) is 14.4. The molecule has 0 aromatic heterocycles. The lowest BCUT2D eigenvalue weighted by atomic mass is 9.90. The van der Waals surface area contributed by atoms with Gasteiger partial charge >= 0.3 is 0 Å². The van der Waals surface area contributed by atoms with E-state index in [4.69, 9.17) is 5.73 Å². The molecule has 3 heteroatoms. The first-order chi connectivity index (χ1) is 9.59. The summed E-state index contributed by atoms with van der Waals surface area (Å²) in [5, 5.41) is 9.95. The van der Waals surface area contributed by atoms with Crippen LogP contribution >= 0.6 is 0 Å². The van der Waals surface area contributed by atoms with Crippen molar-refractivity contribution < 1.29 is 5.11 Å². The highest BCUT2D eigenvalue weighted by Crippen LogP contribution is 2.22. The highest BCUT2D eigenvalue weighted by Gasteiger charge is 2.23. The summed E-state index contributed by atoms with van der Waals surface area (Å²) in [6, 6.07) is 10.8. The third kappa shape index (κ3) is 4.89. The quantitative estimate of drug-likeness (QED) is 0.836. The molecule has 3 nitrogen and oxygen atoms in total. The first kappa shape index (κ1) is 15.5. The number of hydrogen-bond donors (Lipinski definition) is 2. The van der Waals surface area contributed by atoms with Gasteiger partial charge in [-0.2, -0.15) is 0 Å². The molecule has 1 saturated heterocycles. The molecule has 0 spiro atoms. The Bertz CT molecular complexity index is 383. The number of aliphatic hydroxyl groups is 1. The van der Waals surface area contributed by atoms with E-state index in [1.807, 2.05) is 6.92 Å². The average molecular weight is 276 g/mol. The topological polar surface area (TPSA) is 49.5 Å². The molecule has 0 bridgehead atoms. The van der Waals surface area contributed by atoms with Gasteiger partial charge in [0.2, 0.25) is 0 Å². The van der Waals surface area contributed by atoms with E-state index in [0.29, 0.717) is 6.54 Å². The van der Waals surface area contributed by atoms with Crippen molar-refractivity contribution in [2.24, 2.45) is 11.7 Å². The third-order valence-corrected chi connectivity index (χ3v) is 4.48. The van der Waals surface area contributed by atoms with Crippen LogP contribution in [0, 0.1) is 5.92 Å². The van der Waals surface area contributed by atoms with Gasteiger partial charge < -0.3 is 15.7 Å². The van der Waals surface area contributed by atoms with Crippen LogP contribution in [0.4, 0.5) is 0 Å². The summed E-state index contributed by atoms with van der Waals surface area (Å²) < 4.78 is 0. The second-order valence-corrected chi connectivity index (χ2v) is 6.43. The molecule has 0 aliphatic carbocycles. The van der Waals surface area contributed by atoms with E-state index in [1.54, 1.807) is 0 Å².